The van der Waals surface area contributed by atoms with Crippen LogP contribution in [0.5, 0.6) is 0 Å². The van der Waals surface area contributed by atoms with Gasteiger partial charge in [0.2, 0.25) is 0 Å². The summed E-state index contributed by atoms with van der Waals surface area (Å²) in [5.41, 5.74) is -1.33. The average Bonchev–Trinajstić information content (AvgIpc) is 2.49. The van der Waals surface area contributed by atoms with Crippen molar-refractivity contribution in [3.05, 3.63) is 0 Å². The molecule has 92 valence electrons. The Morgan fingerprint density at radius 2 is 2.00 bits per heavy atom. The molecule has 0 radical (unpaired) electrons. The van der Waals surface area contributed by atoms with Gasteiger partial charge in [-0.25, -0.2) is 0 Å². The Labute approximate surface area is 96.3 Å². The molecule has 4 nitrogen and oxygen atoms in total. The summed E-state index contributed by atoms with van der Waals surface area (Å²) in [6, 6.07) is 0. The second kappa shape index (κ2) is 4.53. The van der Waals surface area contributed by atoms with Crippen LogP contribution in [0.15, 0.2) is 0 Å². The number of ketones is 1. The maximum atomic E-state index is 11.8. The van der Waals surface area contributed by atoms with E-state index in [1.54, 1.807) is 27.7 Å². The van der Waals surface area contributed by atoms with Gasteiger partial charge >= 0.3 is 5.97 Å². The summed E-state index contributed by atoms with van der Waals surface area (Å²) in [5.74, 6) is -0.659. The van der Waals surface area contributed by atoms with Crippen LogP contribution in [-0.2, 0) is 19.1 Å². The molecule has 0 spiro atoms. The van der Waals surface area contributed by atoms with Crippen LogP contribution in [0.25, 0.3) is 0 Å². The molecule has 1 rings (SSSR count). The van der Waals surface area contributed by atoms with Crippen molar-refractivity contribution in [1.29, 1.82) is 0 Å². The Hall–Kier alpha value is -0.900. The SMILES string of the molecule is CC(C)(C)OC(=O)CC(=O)[C@]1(C)CCCO1. The summed E-state index contributed by atoms with van der Waals surface area (Å²) in [5, 5.41) is 0. The lowest BCUT2D eigenvalue weighted by atomic mass is 9.95. The van der Waals surface area contributed by atoms with Crippen LogP contribution in [0.1, 0.15) is 47.0 Å². The molecule has 0 amide bonds. The molecule has 0 aromatic rings. The zero-order chi connectivity index (χ0) is 12.4. The molecule has 1 atom stereocenters. The maximum Gasteiger partial charge on any atom is 0.313 e. The van der Waals surface area contributed by atoms with Crippen molar-refractivity contribution < 1.29 is 19.1 Å². The van der Waals surface area contributed by atoms with E-state index in [-0.39, 0.29) is 12.2 Å². The Balaban J connectivity index is 2.48. The molecule has 0 bridgehead atoms. The normalized spacial score (nSPS) is 25.5. The molecule has 1 aliphatic rings. The zero-order valence-corrected chi connectivity index (χ0v) is 10.5. The Bertz CT molecular complexity index is 282. The van der Waals surface area contributed by atoms with E-state index in [1.165, 1.54) is 0 Å². The lowest BCUT2D eigenvalue weighted by molar-refractivity contribution is -0.159. The van der Waals surface area contributed by atoms with Gasteiger partial charge in [0.05, 0.1) is 0 Å². The van der Waals surface area contributed by atoms with Gasteiger partial charge in [0, 0.05) is 6.61 Å². The van der Waals surface area contributed by atoms with Crippen LogP contribution in [0.3, 0.4) is 0 Å². The predicted octanol–water partition coefficient (Wildman–Crippen LogP) is 1.86. The Kier molecular flexibility index (Phi) is 3.73. The molecule has 0 unspecified atom stereocenters. The molecule has 16 heavy (non-hydrogen) atoms. The largest absolute Gasteiger partial charge is 0.460 e. The van der Waals surface area contributed by atoms with E-state index in [9.17, 15) is 9.59 Å². The molecule has 0 aliphatic carbocycles. The van der Waals surface area contributed by atoms with Gasteiger partial charge < -0.3 is 9.47 Å². The minimum Gasteiger partial charge on any atom is -0.460 e. The van der Waals surface area contributed by atoms with Gasteiger partial charge in [-0.05, 0) is 40.5 Å². The summed E-state index contributed by atoms with van der Waals surface area (Å²) in [7, 11) is 0. The van der Waals surface area contributed by atoms with Gasteiger partial charge in [-0.15, -0.1) is 0 Å². The van der Waals surface area contributed by atoms with E-state index in [4.69, 9.17) is 9.47 Å². The number of carbonyl (C=O) groups excluding carboxylic acids is 2. The third-order valence-electron chi connectivity index (χ3n) is 2.53. The highest BCUT2D eigenvalue weighted by Crippen LogP contribution is 2.27. The first-order valence-electron chi connectivity index (χ1n) is 5.62. The number of ether oxygens (including phenoxy) is 2. The van der Waals surface area contributed by atoms with Crippen molar-refractivity contribution in [2.75, 3.05) is 6.61 Å². The number of Topliss-reactive ketones (excluding diaryl/α,β-unsaturated/α-hetero) is 1. The van der Waals surface area contributed by atoms with Gasteiger partial charge in [-0.3, -0.25) is 9.59 Å². The van der Waals surface area contributed by atoms with E-state index in [1.807, 2.05) is 0 Å². The van der Waals surface area contributed by atoms with E-state index >= 15 is 0 Å². The van der Waals surface area contributed by atoms with Crippen molar-refractivity contribution in [3.63, 3.8) is 0 Å². The summed E-state index contributed by atoms with van der Waals surface area (Å²) in [6.07, 6.45) is 1.36. The molecule has 0 saturated carbocycles. The first-order chi connectivity index (χ1) is 7.23. The van der Waals surface area contributed by atoms with E-state index in [0.29, 0.717) is 13.0 Å². The smallest absolute Gasteiger partial charge is 0.313 e. The molecule has 0 N–H and O–H groups in total. The van der Waals surface area contributed by atoms with Crippen LogP contribution in [0.2, 0.25) is 0 Å². The van der Waals surface area contributed by atoms with Crippen LogP contribution < -0.4 is 0 Å². The van der Waals surface area contributed by atoms with Crippen molar-refractivity contribution >= 4 is 11.8 Å². The number of esters is 1. The highest BCUT2D eigenvalue weighted by atomic mass is 16.6. The van der Waals surface area contributed by atoms with Crippen LogP contribution in [0.4, 0.5) is 0 Å². The second-order valence-electron chi connectivity index (χ2n) is 5.37. The summed E-state index contributed by atoms with van der Waals surface area (Å²) in [6.45, 7) is 7.68. The third kappa shape index (κ3) is 3.59. The first kappa shape index (κ1) is 13.2. The van der Waals surface area contributed by atoms with Gasteiger partial charge in [0.25, 0.3) is 0 Å². The fraction of sp³-hybridized carbons (Fsp3) is 0.833. The van der Waals surface area contributed by atoms with E-state index in [0.717, 1.165) is 6.42 Å². The second-order valence-corrected chi connectivity index (χ2v) is 5.37. The fourth-order valence-corrected chi connectivity index (χ4v) is 1.69. The molecule has 1 aliphatic heterocycles. The lowest BCUT2D eigenvalue weighted by Crippen LogP contribution is -2.37. The van der Waals surface area contributed by atoms with Gasteiger partial charge in [0.1, 0.15) is 17.6 Å². The minimum absolute atomic E-state index is 0.181. The molecular weight excluding hydrogens is 208 g/mol. The molecule has 1 fully saturated rings. The van der Waals surface area contributed by atoms with E-state index < -0.39 is 17.2 Å². The Morgan fingerprint density at radius 3 is 2.44 bits per heavy atom. The highest BCUT2D eigenvalue weighted by molar-refractivity contribution is 6.00. The monoisotopic (exact) mass is 228 g/mol. The molecule has 0 aromatic carbocycles. The molecule has 0 aromatic heterocycles. The van der Waals surface area contributed by atoms with Crippen LogP contribution >= 0.6 is 0 Å². The van der Waals surface area contributed by atoms with Gasteiger partial charge in [-0.1, -0.05) is 0 Å². The van der Waals surface area contributed by atoms with Crippen molar-refractivity contribution in [1.82, 2.24) is 0 Å². The van der Waals surface area contributed by atoms with Gasteiger partial charge in [-0.2, -0.15) is 0 Å². The molecule has 1 saturated heterocycles. The maximum absolute atomic E-state index is 11.8. The third-order valence-corrected chi connectivity index (χ3v) is 2.53. The molecular formula is C12H20O4. The summed E-state index contributed by atoms with van der Waals surface area (Å²) in [4.78, 5) is 23.3. The molecule has 1 heterocycles. The van der Waals surface area contributed by atoms with Gasteiger partial charge in [0.15, 0.2) is 5.78 Å². The summed E-state index contributed by atoms with van der Waals surface area (Å²) < 4.78 is 10.5. The van der Waals surface area contributed by atoms with Crippen LogP contribution in [-0.4, -0.2) is 29.6 Å². The number of carbonyl (C=O) groups is 2. The quantitative estimate of drug-likeness (QED) is 0.546. The summed E-state index contributed by atoms with van der Waals surface area (Å²) >= 11 is 0. The van der Waals surface area contributed by atoms with Crippen molar-refractivity contribution in [2.45, 2.75) is 58.2 Å². The van der Waals surface area contributed by atoms with Crippen LogP contribution in [0, 0.1) is 0 Å². The fourth-order valence-electron chi connectivity index (χ4n) is 1.69. The van der Waals surface area contributed by atoms with Crippen molar-refractivity contribution in [3.8, 4) is 0 Å². The van der Waals surface area contributed by atoms with Crippen molar-refractivity contribution in [2.24, 2.45) is 0 Å². The minimum atomic E-state index is -0.781. The number of rotatable bonds is 3. The standard InChI is InChI=1S/C12H20O4/c1-11(2,3)16-10(14)8-9(13)12(4)6-5-7-15-12/h5-8H2,1-4H3/t12-/m0/s1. The lowest BCUT2D eigenvalue weighted by Gasteiger charge is -2.23. The number of hydrogen-bond donors (Lipinski definition) is 0. The zero-order valence-electron chi connectivity index (χ0n) is 10.5. The topological polar surface area (TPSA) is 52.6 Å². The first-order valence-corrected chi connectivity index (χ1v) is 5.62. The predicted molar refractivity (Wildman–Crippen MR) is 59.1 cm³/mol. The number of hydrogen-bond acceptors (Lipinski definition) is 4. The average molecular weight is 228 g/mol. The molecule has 4 heteroatoms. The highest BCUT2D eigenvalue weighted by Gasteiger charge is 2.38. The Morgan fingerprint density at radius 1 is 1.38 bits per heavy atom. The van der Waals surface area contributed by atoms with E-state index in [2.05, 4.69) is 0 Å².